The third kappa shape index (κ3) is 1.93. The van der Waals surface area contributed by atoms with E-state index in [1.165, 1.54) is 6.08 Å². The Labute approximate surface area is 131 Å². The quantitative estimate of drug-likeness (QED) is 0.869. The Morgan fingerprint density at radius 3 is 2.95 bits per heavy atom. The number of nitrogens with zero attached hydrogens (tertiary/aromatic N) is 1. The van der Waals surface area contributed by atoms with E-state index in [2.05, 4.69) is 15.9 Å². The molecule has 2 aliphatic rings. The van der Waals surface area contributed by atoms with Crippen LogP contribution in [0.3, 0.4) is 0 Å². The molecule has 0 aromatic heterocycles. The van der Waals surface area contributed by atoms with Crippen molar-refractivity contribution in [1.82, 2.24) is 4.90 Å². The van der Waals surface area contributed by atoms with Crippen LogP contribution in [0.1, 0.15) is 17.5 Å². The number of aliphatic hydroxyl groups is 1. The molecule has 6 heteroatoms. The van der Waals surface area contributed by atoms with Gasteiger partial charge in [0, 0.05) is 17.4 Å². The summed E-state index contributed by atoms with van der Waals surface area (Å²) in [5, 5.41) is 19.2. The number of aliphatic carboxylic acids is 1. The first-order valence-electron chi connectivity index (χ1n) is 6.76. The molecule has 5 nitrogen and oxygen atoms in total. The molecule has 0 radical (unpaired) electrons. The van der Waals surface area contributed by atoms with Gasteiger partial charge in [-0.2, -0.15) is 0 Å². The highest BCUT2D eigenvalue weighted by atomic mass is 79.9. The van der Waals surface area contributed by atoms with E-state index in [1.54, 1.807) is 0 Å². The molecule has 0 spiro atoms. The number of aliphatic hydroxyl groups excluding tert-OH is 1. The summed E-state index contributed by atoms with van der Waals surface area (Å²) in [6.45, 7) is 2.29. The summed E-state index contributed by atoms with van der Waals surface area (Å²) in [5.74, 6) is -0.674. The second-order valence-electron chi connectivity index (χ2n) is 5.28. The molecule has 0 aliphatic carbocycles. The Bertz CT molecular complexity index is 630. The highest BCUT2D eigenvalue weighted by Gasteiger charge is 2.62. The molecule has 2 atom stereocenters. The van der Waals surface area contributed by atoms with Gasteiger partial charge in [0.15, 0.2) is 6.23 Å². The van der Waals surface area contributed by atoms with Gasteiger partial charge in [-0.15, -0.1) is 0 Å². The third-order valence-corrected chi connectivity index (χ3v) is 4.68. The minimum atomic E-state index is -1.35. The van der Waals surface area contributed by atoms with E-state index in [9.17, 15) is 15.0 Å². The highest BCUT2D eigenvalue weighted by molar-refractivity contribution is 9.10. The number of carboxylic acids is 1. The van der Waals surface area contributed by atoms with Crippen LogP contribution in [0.25, 0.3) is 0 Å². The molecule has 112 valence electrons. The normalized spacial score (nSPS) is 29.9. The van der Waals surface area contributed by atoms with Gasteiger partial charge in [-0.1, -0.05) is 22.0 Å². The van der Waals surface area contributed by atoms with Crippen LogP contribution < -0.4 is 0 Å². The van der Waals surface area contributed by atoms with Crippen LogP contribution in [0.15, 0.2) is 34.5 Å². The van der Waals surface area contributed by atoms with E-state index in [1.807, 2.05) is 30.0 Å². The van der Waals surface area contributed by atoms with Crippen molar-refractivity contribution in [3.05, 3.63) is 45.6 Å². The first-order chi connectivity index (χ1) is 10.0. The van der Waals surface area contributed by atoms with Crippen LogP contribution in [0.4, 0.5) is 0 Å². The zero-order valence-electron chi connectivity index (χ0n) is 11.5. The van der Waals surface area contributed by atoms with Crippen molar-refractivity contribution < 1.29 is 19.7 Å². The molecule has 2 heterocycles. The molecule has 1 aromatic carbocycles. The summed E-state index contributed by atoms with van der Waals surface area (Å²) in [6, 6.07) is 5.58. The molecule has 0 bridgehead atoms. The van der Waals surface area contributed by atoms with Gasteiger partial charge in [0.25, 0.3) is 0 Å². The van der Waals surface area contributed by atoms with Crippen LogP contribution in [0, 0.1) is 6.92 Å². The lowest BCUT2D eigenvalue weighted by atomic mass is 9.82. The molecule has 0 saturated carbocycles. The first-order valence-corrected chi connectivity index (χ1v) is 7.56. The van der Waals surface area contributed by atoms with Gasteiger partial charge in [-0.25, -0.2) is 9.69 Å². The van der Waals surface area contributed by atoms with E-state index in [-0.39, 0.29) is 12.8 Å². The standard InChI is InChI=1S/C15H16BrNO4/c1-9-2-3-10(16)8-11(9)15(14(19)20)12(5-7-18)21-13-4-6-17(13)15/h2-3,5,8,13,18H,4,6-7H2,1H3,(H,19,20)/b12-5-/t13-,15-/m1/s1. The van der Waals surface area contributed by atoms with Crippen molar-refractivity contribution in [2.75, 3.05) is 13.2 Å². The summed E-state index contributed by atoms with van der Waals surface area (Å²) in [7, 11) is 0. The zero-order chi connectivity index (χ0) is 15.2. The molecule has 2 aliphatic heterocycles. The van der Waals surface area contributed by atoms with Crippen LogP contribution in [0.5, 0.6) is 0 Å². The van der Waals surface area contributed by atoms with E-state index in [0.29, 0.717) is 17.9 Å². The smallest absolute Gasteiger partial charge is 0.336 e. The molecular formula is C15H16BrNO4. The SMILES string of the molecule is Cc1ccc(Br)cc1[C@]1(C(=O)O)/C(=C/CO)O[C@@H]2CCN21. The monoisotopic (exact) mass is 353 g/mol. The van der Waals surface area contributed by atoms with Crippen LogP contribution in [0.2, 0.25) is 0 Å². The lowest BCUT2D eigenvalue weighted by Gasteiger charge is -2.41. The van der Waals surface area contributed by atoms with Crippen molar-refractivity contribution in [1.29, 1.82) is 0 Å². The number of aryl methyl sites for hydroxylation is 1. The zero-order valence-corrected chi connectivity index (χ0v) is 13.1. The van der Waals surface area contributed by atoms with E-state index in [4.69, 9.17) is 4.74 Å². The second-order valence-corrected chi connectivity index (χ2v) is 6.20. The molecular weight excluding hydrogens is 338 g/mol. The number of benzene rings is 1. The topological polar surface area (TPSA) is 70.0 Å². The molecule has 0 amide bonds. The first kappa shape index (κ1) is 14.6. The fourth-order valence-electron chi connectivity index (χ4n) is 3.14. The summed E-state index contributed by atoms with van der Waals surface area (Å²) in [5.41, 5.74) is 0.200. The Kier molecular flexibility index (Phi) is 3.55. The minimum Gasteiger partial charge on any atom is -0.479 e. The maximum Gasteiger partial charge on any atom is 0.336 e. The Morgan fingerprint density at radius 1 is 1.62 bits per heavy atom. The van der Waals surface area contributed by atoms with Crippen molar-refractivity contribution in [3.8, 4) is 0 Å². The number of carboxylic acid groups (broad SMARTS) is 1. The summed E-state index contributed by atoms with van der Waals surface area (Å²) >= 11 is 3.41. The molecule has 21 heavy (non-hydrogen) atoms. The molecule has 2 fully saturated rings. The predicted octanol–water partition coefficient (Wildman–Crippen LogP) is 1.98. The van der Waals surface area contributed by atoms with Crippen LogP contribution >= 0.6 is 15.9 Å². The molecule has 0 unspecified atom stereocenters. The van der Waals surface area contributed by atoms with E-state index in [0.717, 1.165) is 16.5 Å². The maximum absolute atomic E-state index is 12.2. The van der Waals surface area contributed by atoms with Gasteiger partial charge >= 0.3 is 5.97 Å². The number of carbonyl (C=O) groups is 1. The van der Waals surface area contributed by atoms with Crippen molar-refractivity contribution in [2.24, 2.45) is 0 Å². The average molecular weight is 354 g/mol. The van der Waals surface area contributed by atoms with Crippen LogP contribution in [-0.4, -0.2) is 40.5 Å². The maximum atomic E-state index is 12.2. The third-order valence-electron chi connectivity index (χ3n) is 4.19. The minimum absolute atomic E-state index is 0.225. The van der Waals surface area contributed by atoms with Gasteiger partial charge < -0.3 is 14.9 Å². The van der Waals surface area contributed by atoms with Crippen molar-refractivity contribution in [3.63, 3.8) is 0 Å². The number of hydrogen-bond donors (Lipinski definition) is 2. The fourth-order valence-corrected chi connectivity index (χ4v) is 3.50. The van der Waals surface area contributed by atoms with Gasteiger partial charge in [0.2, 0.25) is 5.54 Å². The average Bonchev–Trinajstić information content (AvgIpc) is 2.63. The van der Waals surface area contributed by atoms with Gasteiger partial charge in [0.05, 0.1) is 6.61 Å². The summed E-state index contributed by atoms with van der Waals surface area (Å²) in [6.07, 6.45) is 2.02. The largest absolute Gasteiger partial charge is 0.479 e. The van der Waals surface area contributed by atoms with Crippen molar-refractivity contribution >= 4 is 21.9 Å². The summed E-state index contributed by atoms with van der Waals surface area (Å²) < 4.78 is 6.57. The number of hydrogen-bond acceptors (Lipinski definition) is 4. The van der Waals surface area contributed by atoms with Gasteiger partial charge in [-0.05, 0) is 36.3 Å². The predicted molar refractivity (Wildman–Crippen MR) is 79.6 cm³/mol. The van der Waals surface area contributed by atoms with Crippen LogP contribution in [-0.2, 0) is 15.1 Å². The second kappa shape index (κ2) is 5.12. The fraction of sp³-hybridized carbons (Fsp3) is 0.400. The molecule has 2 saturated heterocycles. The van der Waals surface area contributed by atoms with E-state index < -0.39 is 11.5 Å². The highest BCUT2D eigenvalue weighted by Crippen LogP contribution is 2.50. The lowest BCUT2D eigenvalue weighted by Crippen LogP contribution is -2.57. The van der Waals surface area contributed by atoms with Crippen molar-refractivity contribution in [2.45, 2.75) is 25.1 Å². The Hall–Kier alpha value is -1.37. The van der Waals surface area contributed by atoms with Gasteiger partial charge in [0.1, 0.15) is 5.76 Å². The molecule has 3 rings (SSSR count). The Morgan fingerprint density at radius 2 is 2.38 bits per heavy atom. The Balaban J connectivity index is 2.26. The number of rotatable bonds is 3. The summed E-state index contributed by atoms with van der Waals surface area (Å²) in [4.78, 5) is 14.0. The number of ether oxygens (including phenoxy) is 1. The lowest BCUT2D eigenvalue weighted by molar-refractivity contribution is -0.154. The number of fused-ring (bicyclic) bond motifs is 1. The number of halogens is 1. The van der Waals surface area contributed by atoms with Gasteiger partial charge in [-0.3, -0.25) is 0 Å². The molecule has 1 aromatic rings. The molecule has 2 N–H and O–H groups in total. The van der Waals surface area contributed by atoms with E-state index >= 15 is 0 Å².